The minimum Gasteiger partial charge on any atom is -0.497 e. The van der Waals surface area contributed by atoms with Crippen LogP contribution < -0.4 is 10.1 Å². The molecule has 4 heteroatoms. The van der Waals surface area contributed by atoms with E-state index in [0.29, 0.717) is 0 Å². The topological polar surface area (TPSA) is 47.3 Å². The molecule has 0 fully saturated rings. The van der Waals surface area contributed by atoms with Crippen molar-refractivity contribution in [3.63, 3.8) is 0 Å². The zero-order valence-corrected chi connectivity index (χ0v) is 10.1. The molecule has 0 spiro atoms. The number of nitrogens with zero attached hydrogens (tertiary/aromatic N) is 1. The zero-order chi connectivity index (χ0) is 12.1. The van der Waals surface area contributed by atoms with Gasteiger partial charge in [-0.1, -0.05) is 17.3 Å². The highest BCUT2D eigenvalue weighted by Gasteiger charge is 2.09. The number of nitrogens with one attached hydrogen (secondary N) is 1. The number of ether oxygens (including phenoxy) is 1. The van der Waals surface area contributed by atoms with E-state index in [1.807, 2.05) is 31.3 Å². The molecular weight excluding hydrogens is 216 g/mol. The van der Waals surface area contributed by atoms with Gasteiger partial charge in [0.25, 0.3) is 0 Å². The molecule has 0 radical (unpaired) electrons. The van der Waals surface area contributed by atoms with Gasteiger partial charge in [-0.25, -0.2) is 0 Å². The molecule has 90 valence electrons. The number of likely N-dealkylation sites (N-methyl/N-ethyl adjacent to an activating group) is 1. The van der Waals surface area contributed by atoms with Gasteiger partial charge in [0.15, 0.2) is 0 Å². The molecule has 1 N–H and O–H groups in total. The first kappa shape index (κ1) is 11.7. The summed E-state index contributed by atoms with van der Waals surface area (Å²) in [6.07, 6.45) is 2.54. The van der Waals surface area contributed by atoms with Gasteiger partial charge in [-0.05, 0) is 24.7 Å². The second kappa shape index (κ2) is 5.50. The van der Waals surface area contributed by atoms with Crippen LogP contribution in [0.1, 0.15) is 5.69 Å². The van der Waals surface area contributed by atoms with Crippen molar-refractivity contribution in [2.75, 3.05) is 20.7 Å². The number of benzene rings is 1. The fraction of sp³-hybridized carbons (Fsp3) is 0.308. The van der Waals surface area contributed by atoms with Crippen molar-refractivity contribution in [3.8, 4) is 16.9 Å². The smallest absolute Gasteiger partial charge is 0.131 e. The summed E-state index contributed by atoms with van der Waals surface area (Å²) in [4.78, 5) is 0. The van der Waals surface area contributed by atoms with Crippen molar-refractivity contribution in [2.45, 2.75) is 6.42 Å². The van der Waals surface area contributed by atoms with Crippen molar-refractivity contribution >= 4 is 0 Å². The Bertz CT molecular complexity index is 463. The Morgan fingerprint density at radius 1 is 1.29 bits per heavy atom. The third-order valence-corrected chi connectivity index (χ3v) is 2.66. The van der Waals surface area contributed by atoms with Crippen molar-refractivity contribution in [1.29, 1.82) is 0 Å². The maximum Gasteiger partial charge on any atom is 0.131 e. The third-order valence-electron chi connectivity index (χ3n) is 2.66. The Hall–Kier alpha value is -1.81. The molecular formula is C13H16N2O2. The summed E-state index contributed by atoms with van der Waals surface area (Å²) >= 11 is 0. The standard InChI is InChI=1S/C13H16N2O2/c1-14-8-7-13-12(9-17-15-13)10-3-5-11(16-2)6-4-10/h3-6,9,14H,7-8H2,1-2H3. The average molecular weight is 232 g/mol. The fourth-order valence-electron chi connectivity index (χ4n) is 1.69. The van der Waals surface area contributed by atoms with Crippen LogP contribution in [0.3, 0.4) is 0 Å². The maximum atomic E-state index is 5.13. The van der Waals surface area contributed by atoms with Crippen LogP contribution >= 0.6 is 0 Å². The summed E-state index contributed by atoms with van der Waals surface area (Å²) in [6.45, 7) is 0.885. The SMILES string of the molecule is CNCCc1nocc1-c1ccc(OC)cc1. The predicted octanol–water partition coefficient (Wildman–Crippen LogP) is 2.11. The van der Waals surface area contributed by atoms with Crippen molar-refractivity contribution in [3.05, 3.63) is 36.2 Å². The van der Waals surface area contributed by atoms with Gasteiger partial charge in [0.05, 0.1) is 12.8 Å². The molecule has 17 heavy (non-hydrogen) atoms. The van der Waals surface area contributed by atoms with Gasteiger partial charge < -0.3 is 14.6 Å². The molecule has 0 saturated heterocycles. The van der Waals surface area contributed by atoms with Crippen LogP contribution in [-0.2, 0) is 6.42 Å². The highest BCUT2D eigenvalue weighted by Crippen LogP contribution is 2.25. The van der Waals surface area contributed by atoms with E-state index in [9.17, 15) is 0 Å². The Labute approximate surface area is 101 Å². The quantitative estimate of drug-likeness (QED) is 0.857. The molecule has 0 aliphatic heterocycles. The van der Waals surface area contributed by atoms with Crippen molar-refractivity contribution in [1.82, 2.24) is 10.5 Å². The van der Waals surface area contributed by atoms with Crippen LogP contribution in [0.25, 0.3) is 11.1 Å². The van der Waals surface area contributed by atoms with Gasteiger partial charge in [-0.15, -0.1) is 0 Å². The Morgan fingerprint density at radius 3 is 2.71 bits per heavy atom. The van der Waals surface area contributed by atoms with Crippen LogP contribution in [0.15, 0.2) is 35.1 Å². The molecule has 0 atom stereocenters. The number of methoxy groups -OCH3 is 1. The lowest BCUT2D eigenvalue weighted by atomic mass is 10.1. The van der Waals surface area contributed by atoms with E-state index in [1.54, 1.807) is 13.4 Å². The Balaban J connectivity index is 2.23. The van der Waals surface area contributed by atoms with Crippen LogP contribution in [-0.4, -0.2) is 25.9 Å². The van der Waals surface area contributed by atoms with Crippen LogP contribution in [0.5, 0.6) is 5.75 Å². The van der Waals surface area contributed by atoms with Gasteiger partial charge in [0.1, 0.15) is 12.0 Å². The lowest BCUT2D eigenvalue weighted by molar-refractivity contribution is 0.411. The monoisotopic (exact) mass is 232 g/mol. The second-order valence-electron chi connectivity index (χ2n) is 3.76. The van der Waals surface area contributed by atoms with E-state index in [-0.39, 0.29) is 0 Å². The average Bonchev–Trinajstić information content (AvgIpc) is 2.84. The summed E-state index contributed by atoms with van der Waals surface area (Å²) in [6, 6.07) is 7.89. The minimum absolute atomic E-state index is 0.849. The highest BCUT2D eigenvalue weighted by molar-refractivity contribution is 5.65. The number of hydrogen-bond donors (Lipinski definition) is 1. The molecule has 2 aromatic rings. The number of hydrogen-bond acceptors (Lipinski definition) is 4. The molecule has 0 aliphatic carbocycles. The molecule has 0 saturated carbocycles. The summed E-state index contributed by atoms with van der Waals surface area (Å²) in [5, 5.41) is 7.13. The Morgan fingerprint density at radius 2 is 2.06 bits per heavy atom. The molecule has 1 heterocycles. The lowest BCUT2D eigenvalue weighted by Crippen LogP contribution is -2.10. The molecule has 0 amide bonds. The molecule has 1 aromatic heterocycles. The van der Waals surface area contributed by atoms with E-state index in [4.69, 9.17) is 9.26 Å². The summed E-state index contributed by atoms with van der Waals surface area (Å²) in [5.74, 6) is 0.849. The molecule has 0 aliphatic rings. The van der Waals surface area contributed by atoms with E-state index < -0.39 is 0 Å². The van der Waals surface area contributed by atoms with Gasteiger partial charge >= 0.3 is 0 Å². The van der Waals surface area contributed by atoms with E-state index in [2.05, 4.69) is 10.5 Å². The number of aromatic nitrogens is 1. The second-order valence-corrected chi connectivity index (χ2v) is 3.76. The van der Waals surface area contributed by atoms with E-state index >= 15 is 0 Å². The van der Waals surface area contributed by atoms with Crippen molar-refractivity contribution in [2.24, 2.45) is 0 Å². The normalized spacial score (nSPS) is 10.5. The first-order valence-electron chi connectivity index (χ1n) is 5.57. The molecule has 0 unspecified atom stereocenters. The highest BCUT2D eigenvalue weighted by atomic mass is 16.5. The first-order valence-corrected chi connectivity index (χ1v) is 5.57. The van der Waals surface area contributed by atoms with E-state index in [1.165, 1.54) is 0 Å². The summed E-state index contributed by atoms with van der Waals surface area (Å²) in [7, 11) is 3.58. The van der Waals surface area contributed by atoms with E-state index in [0.717, 1.165) is 35.5 Å². The zero-order valence-electron chi connectivity index (χ0n) is 10.1. The van der Waals surface area contributed by atoms with Gasteiger partial charge in [0.2, 0.25) is 0 Å². The van der Waals surface area contributed by atoms with Crippen LogP contribution in [0.4, 0.5) is 0 Å². The first-order chi connectivity index (χ1) is 8.35. The number of rotatable bonds is 5. The molecule has 1 aromatic carbocycles. The third kappa shape index (κ3) is 2.65. The molecule has 0 bridgehead atoms. The van der Waals surface area contributed by atoms with Crippen LogP contribution in [0.2, 0.25) is 0 Å². The molecule has 4 nitrogen and oxygen atoms in total. The summed E-state index contributed by atoms with van der Waals surface area (Å²) in [5.41, 5.74) is 3.12. The van der Waals surface area contributed by atoms with Gasteiger partial charge in [-0.3, -0.25) is 0 Å². The summed E-state index contributed by atoms with van der Waals surface area (Å²) < 4.78 is 10.2. The van der Waals surface area contributed by atoms with Gasteiger partial charge in [-0.2, -0.15) is 0 Å². The predicted molar refractivity (Wildman–Crippen MR) is 66.1 cm³/mol. The fourth-order valence-corrected chi connectivity index (χ4v) is 1.69. The largest absolute Gasteiger partial charge is 0.497 e. The molecule has 2 rings (SSSR count). The van der Waals surface area contributed by atoms with Crippen molar-refractivity contribution < 1.29 is 9.26 Å². The van der Waals surface area contributed by atoms with Crippen LogP contribution in [0, 0.1) is 0 Å². The Kier molecular flexibility index (Phi) is 3.77. The van der Waals surface area contributed by atoms with Gasteiger partial charge in [0, 0.05) is 18.5 Å². The minimum atomic E-state index is 0.849. The maximum absolute atomic E-state index is 5.13. The lowest BCUT2D eigenvalue weighted by Gasteiger charge is -2.03.